The Hall–Kier alpha value is -1.85. The molecule has 0 fully saturated rings. The van der Waals surface area contributed by atoms with Crippen LogP contribution in [0.2, 0.25) is 0 Å². The monoisotopic (exact) mass is 277 g/mol. The molecule has 0 amide bonds. The van der Waals surface area contributed by atoms with Gasteiger partial charge in [0.2, 0.25) is 10.0 Å². The van der Waals surface area contributed by atoms with Crippen LogP contribution in [0.4, 0.5) is 0 Å². The van der Waals surface area contributed by atoms with Gasteiger partial charge in [0.05, 0.1) is 4.90 Å². The van der Waals surface area contributed by atoms with Crippen LogP contribution in [0.15, 0.2) is 53.4 Å². The minimum atomic E-state index is -3.45. The number of rotatable bonds is 4. The topological polar surface area (TPSA) is 55.4 Å². The van der Waals surface area contributed by atoms with Gasteiger partial charge >= 0.3 is 0 Å². The number of hydrogen-bond acceptors (Lipinski definition) is 3. The van der Waals surface area contributed by atoms with Crippen LogP contribution in [0.25, 0.3) is 0 Å². The van der Waals surface area contributed by atoms with Crippen molar-refractivity contribution in [3.8, 4) is 11.5 Å². The number of ether oxygens (including phenoxy) is 1. The normalized spacial score (nSPS) is 11.3. The van der Waals surface area contributed by atoms with Crippen LogP contribution in [-0.4, -0.2) is 15.5 Å². The van der Waals surface area contributed by atoms with E-state index in [1.807, 2.05) is 31.2 Å². The zero-order chi connectivity index (χ0) is 13.9. The van der Waals surface area contributed by atoms with Crippen molar-refractivity contribution in [1.29, 1.82) is 0 Å². The first kappa shape index (κ1) is 13.6. The second-order valence-corrected chi connectivity index (χ2v) is 5.98. The van der Waals surface area contributed by atoms with Crippen molar-refractivity contribution in [2.24, 2.45) is 0 Å². The van der Waals surface area contributed by atoms with Crippen LogP contribution >= 0.6 is 0 Å². The van der Waals surface area contributed by atoms with E-state index in [0.717, 1.165) is 5.56 Å². The van der Waals surface area contributed by atoms with Crippen LogP contribution in [-0.2, 0) is 10.0 Å². The van der Waals surface area contributed by atoms with Gasteiger partial charge in [0, 0.05) is 6.07 Å². The molecule has 2 aromatic rings. The van der Waals surface area contributed by atoms with E-state index >= 15 is 0 Å². The third-order valence-electron chi connectivity index (χ3n) is 2.64. The highest BCUT2D eigenvalue weighted by atomic mass is 32.2. The molecule has 0 heterocycles. The van der Waals surface area contributed by atoms with E-state index in [2.05, 4.69) is 4.72 Å². The smallest absolute Gasteiger partial charge is 0.240 e. The van der Waals surface area contributed by atoms with Crippen LogP contribution in [0.5, 0.6) is 11.5 Å². The molecule has 0 radical (unpaired) electrons. The lowest BCUT2D eigenvalue weighted by Crippen LogP contribution is -2.18. The SMILES string of the molecule is CNS(=O)(=O)c1cccc(Oc2ccc(C)cc2)c1. The number of sulfonamides is 1. The summed E-state index contributed by atoms with van der Waals surface area (Å²) in [5.41, 5.74) is 1.14. The minimum Gasteiger partial charge on any atom is -0.457 e. The summed E-state index contributed by atoms with van der Waals surface area (Å²) in [5, 5.41) is 0. The maximum absolute atomic E-state index is 11.7. The summed E-state index contributed by atoms with van der Waals surface area (Å²) in [5.74, 6) is 1.16. The van der Waals surface area contributed by atoms with E-state index in [1.54, 1.807) is 12.1 Å². The quantitative estimate of drug-likeness (QED) is 0.934. The van der Waals surface area contributed by atoms with Gasteiger partial charge in [0.25, 0.3) is 0 Å². The summed E-state index contributed by atoms with van der Waals surface area (Å²) < 4.78 is 31.3. The summed E-state index contributed by atoms with van der Waals surface area (Å²) in [6.07, 6.45) is 0. The lowest BCUT2D eigenvalue weighted by atomic mass is 10.2. The van der Waals surface area contributed by atoms with Crippen molar-refractivity contribution < 1.29 is 13.2 Å². The number of nitrogens with one attached hydrogen (secondary N) is 1. The highest BCUT2D eigenvalue weighted by molar-refractivity contribution is 7.89. The van der Waals surface area contributed by atoms with E-state index in [-0.39, 0.29) is 4.90 Å². The molecule has 0 aliphatic heterocycles. The van der Waals surface area contributed by atoms with Crippen molar-refractivity contribution in [2.75, 3.05) is 7.05 Å². The van der Waals surface area contributed by atoms with E-state index in [9.17, 15) is 8.42 Å². The van der Waals surface area contributed by atoms with Crippen LogP contribution < -0.4 is 9.46 Å². The van der Waals surface area contributed by atoms with Crippen molar-refractivity contribution in [2.45, 2.75) is 11.8 Å². The molecule has 0 aliphatic rings. The lowest BCUT2D eigenvalue weighted by molar-refractivity contribution is 0.480. The van der Waals surface area contributed by atoms with Gasteiger partial charge < -0.3 is 4.74 Å². The van der Waals surface area contributed by atoms with E-state index in [1.165, 1.54) is 19.2 Å². The average Bonchev–Trinajstić information content (AvgIpc) is 2.42. The molecule has 19 heavy (non-hydrogen) atoms. The zero-order valence-corrected chi connectivity index (χ0v) is 11.6. The highest BCUT2D eigenvalue weighted by Crippen LogP contribution is 2.24. The van der Waals surface area contributed by atoms with Gasteiger partial charge in [0.1, 0.15) is 11.5 Å². The zero-order valence-electron chi connectivity index (χ0n) is 10.8. The average molecular weight is 277 g/mol. The second kappa shape index (κ2) is 5.42. The molecule has 0 atom stereocenters. The van der Waals surface area contributed by atoms with Crippen molar-refractivity contribution in [1.82, 2.24) is 4.72 Å². The van der Waals surface area contributed by atoms with Gasteiger partial charge in [-0.15, -0.1) is 0 Å². The van der Waals surface area contributed by atoms with E-state index in [0.29, 0.717) is 11.5 Å². The number of benzene rings is 2. The molecule has 4 nitrogen and oxygen atoms in total. The van der Waals surface area contributed by atoms with Gasteiger partial charge in [-0.3, -0.25) is 0 Å². The molecule has 0 unspecified atom stereocenters. The summed E-state index contributed by atoms with van der Waals surface area (Å²) in [4.78, 5) is 0.180. The maximum Gasteiger partial charge on any atom is 0.240 e. The molecule has 0 saturated heterocycles. The fraction of sp³-hybridized carbons (Fsp3) is 0.143. The first-order chi connectivity index (χ1) is 9.01. The predicted molar refractivity (Wildman–Crippen MR) is 73.9 cm³/mol. The van der Waals surface area contributed by atoms with E-state index in [4.69, 9.17) is 4.74 Å². The third kappa shape index (κ3) is 3.33. The van der Waals surface area contributed by atoms with Crippen LogP contribution in [0, 0.1) is 6.92 Å². The first-order valence-electron chi connectivity index (χ1n) is 5.79. The Kier molecular flexibility index (Phi) is 3.87. The molecule has 0 bridgehead atoms. The van der Waals surface area contributed by atoms with Gasteiger partial charge in [-0.25, -0.2) is 13.1 Å². The van der Waals surface area contributed by atoms with Crippen LogP contribution in [0.3, 0.4) is 0 Å². The molecule has 1 N–H and O–H groups in total. The summed E-state index contributed by atoms with van der Waals surface area (Å²) >= 11 is 0. The Morgan fingerprint density at radius 2 is 1.68 bits per heavy atom. The Morgan fingerprint density at radius 3 is 2.32 bits per heavy atom. The Bertz CT molecular complexity index is 663. The van der Waals surface area contributed by atoms with Crippen molar-refractivity contribution >= 4 is 10.0 Å². The molecule has 0 aromatic heterocycles. The Labute approximate surface area is 113 Å². The lowest BCUT2D eigenvalue weighted by Gasteiger charge is -2.08. The van der Waals surface area contributed by atoms with Gasteiger partial charge in [-0.2, -0.15) is 0 Å². The molecule has 2 aromatic carbocycles. The van der Waals surface area contributed by atoms with Crippen LogP contribution in [0.1, 0.15) is 5.56 Å². The summed E-state index contributed by atoms with van der Waals surface area (Å²) in [7, 11) is -2.07. The highest BCUT2D eigenvalue weighted by Gasteiger charge is 2.11. The third-order valence-corrected chi connectivity index (χ3v) is 4.05. The maximum atomic E-state index is 11.7. The number of hydrogen-bond donors (Lipinski definition) is 1. The molecule has 0 aliphatic carbocycles. The van der Waals surface area contributed by atoms with Crippen molar-refractivity contribution in [3.05, 3.63) is 54.1 Å². The standard InChI is InChI=1S/C14H15NO3S/c1-11-6-8-12(9-7-11)18-13-4-3-5-14(10-13)19(16,17)15-2/h3-10,15H,1-2H3. The Morgan fingerprint density at radius 1 is 1.00 bits per heavy atom. The first-order valence-corrected chi connectivity index (χ1v) is 7.28. The molecule has 100 valence electrons. The Balaban J connectivity index is 2.27. The summed E-state index contributed by atoms with van der Waals surface area (Å²) in [6, 6.07) is 13.9. The molecule has 5 heteroatoms. The minimum absolute atomic E-state index is 0.180. The van der Waals surface area contributed by atoms with Gasteiger partial charge in [-0.1, -0.05) is 23.8 Å². The molecule has 0 saturated carbocycles. The molecule has 0 spiro atoms. The van der Waals surface area contributed by atoms with Gasteiger partial charge in [-0.05, 0) is 38.2 Å². The fourth-order valence-corrected chi connectivity index (χ4v) is 2.33. The largest absolute Gasteiger partial charge is 0.457 e. The second-order valence-electron chi connectivity index (χ2n) is 4.10. The van der Waals surface area contributed by atoms with Crippen molar-refractivity contribution in [3.63, 3.8) is 0 Å². The predicted octanol–water partition coefficient (Wildman–Crippen LogP) is 2.70. The number of aryl methyl sites for hydroxylation is 1. The van der Waals surface area contributed by atoms with E-state index < -0.39 is 10.0 Å². The molecular formula is C14H15NO3S. The summed E-state index contributed by atoms with van der Waals surface area (Å²) in [6.45, 7) is 1.99. The fourth-order valence-electron chi connectivity index (χ4n) is 1.57. The molecular weight excluding hydrogens is 262 g/mol. The molecule has 2 rings (SSSR count). The van der Waals surface area contributed by atoms with Gasteiger partial charge in [0.15, 0.2) is 0 Å².